The first-order valence-corrected chi connectivity index (χ1v) is 26.0. The van der Waals surface area contributed by atoms with Crippen molar-refractivity contribution >= 4 is 79.7 Å². The second kappa shape index (κ2) is 27.9. The van der Waals surface area contributed by atoms with E-state index in [-0.39, 0.29) is 43.7 Å². The number of carbonyl (C=O) groups is 8. The highest BCUT2D eigenvalue weighted by Gasteiger charge is 2.37. The number of aromatic amines is 1. The molecule has 16 N–H and O–H groups in total. The monoisotopic (exact) mass is 1030 g/mol. The van der Waals surface area contributed by atoms with Gasteiger partial charge in [-0.15, -0.1) is 0 Å². The molecular weight excluding hydrogens is 967 g/mol. The van der Waals surface area contributed by atoms with Crippen LogP contribution in [0.2, 0.25) is 0 Å². The normalized spacial score (nSPS) is 22.6. The molecule has 1 aromatic heterocycles. The summed E-state index contributed by atoms with van der Waals surface area (Å²) in [7, 11) is 1.96. The van der Waals surface area contributed by atoms with Crippen LogP contribution in [0.25, 0.3) is 10.9 Å². The Kier molecular flexibility index (Phi) is 21.9. The molecule has 1 fully saturated rings. The van der Waals surface area contributed by atoms with E-state index in [0.717, 1.165) is 38.1 Å². The number of aliphatic hydroxyl groups excluding tert-OH is 2. The summed E-state index contributed by atoms with van der Waals surface area (Å²) in [5.74, 6) is -7.51. The molecule has 0 aliphatic carbocycles. The van der Waals surface area contributed by atoms with Crippen molar-refractivity contribution in [1.82, 2.24) is 42.2 Å². The quantitative estimate of drug-likeness (QED) is 0.0432. The Balaban J connectivity index is 1.57. The van der Waals surface area contributed by atoms with Crippen LogP contribution < -0.4 is 54.4 Å². The van der Waals surface area contributed by atoms with Gasteiger partial charge < -0.3 is 69.6 Å². The molecule has 1 aliphatic heterocycles. The number of hydrogen-bond acceptors (Lipinski definition) is 14. The van der Waals surface area contributed by atoms with Gasteiger partial charge in [0.15, 0.2) is 0 Å². The average Bonchev–Trinajstić information content (AvgIpc) is 3.76. The number of para-hydroxylation sites is 1. The number of nitrogens with one attached hydrogen (secondary N) is 8. The zero-order valence-electron chi connectivity index (χ0n) is 40.0. The molecule has 3 aromatic carbocycles. The predicted octanol–water partition coefficient (Wildman–Crippen LogP) is -1.31. The van der Waals surface area contributed by atoms with Crippen molar-refractivity contribution in [3.8, 4) is 0 Å². The highest BCUT2D eigenvalue weighted by molar-refractivity contribution is 8.76. The number of aliphatic hydroxyl groups is 2. The number of amides is 8. The van der Waals surface area contributed by atoms with Crippen molar-refractivity contribution in [3.63, 3.8) is 0 Å². The third-order valence-electron chi connectivity index (χ3n) is 11.8. The molecule has 0 radical (unpaired) electrons. The summed E-state index contributed by atoms with van der Waals surface area (Å²) >= 11 is 0. The maximum absolute atomic E-state index is 14.7. The Morgan fingerprint density at radius 3 is 1.93 bits per heavy atom. The molecule has 1 saturated heterocycles. The number of rotatable bonds is 17. The number of unbranched alkanes of at least 4 members (excludes halogenated alkanes) is 1. The summed E-state index contributed by atoms with van der Waals surface area (Å²) in [6.07, 6.45) is -0.557. The van der Waals surface area contributed by atoms with E-state index in [0.29, 0.717) is 24.0 Å². The molecule has 8 amide bonds. The van der Waals surface area contributed by atoms with Gasteiger partial charge in [-0.1, -0.05) is 100 Å². The molecule has 4 aromatic rings. The standard InChI is InChI=1S/C49H65N11O10S2/c1-27(61)40(42(52)63)59-48(69)39-26-72-71-25-38(57-43(64)33(51)21-29-13-5-3-6-14-29)47(68)55-36(22-30-15-7-4-8-16-30)45(66)56-37(23-31-24-53-34-18-10-9-17-32(31)34)46(67)54-35(19-11-12-20-50)44(65)60-41(28(2)62)49(70)58-39/h3-10,13-18,24,27-28,33,35-41,53,61-62H,11-12,19-23,25-26,50-51H2,1-2H3,(H2,52,63)(H,54,67)(H,55,68)(H,56,66)(H,57,64)(H,58,70)(H,59,69)(H,60,65)/t27-,28-,33-,35+,36?,37-,38+,39?,40+,41?/m1/s1. The summed E-state index contributed by atoms with van der Waals surface area (Å²) in [4.78, 5) is 115. The Labute approximate surface area is 424 Å². The Bertz CT molecular complexity index is 2480. The number of nitrogens with two attached hydrogens (primary N) is 3. The van der Waals surface area contributed by atoms with Gasteiger partial charge in [0, 0.05) is 41.4 Å². The zero-order chi connectivity index (χ0) is 52.3. The van der Waals surface area contributed by atoms with Crippen LogP contribution in [0, 0.1) is 0 Å². The minimum Gasteiger partial charge on any atom is -0.391 e. The molecule has 0 spiro atoms. The molecule has 1 aliphatic rings. The number of fused-ring (bicyclic) bond motifs is 1. The SMILES string of the molecule is C[C@@H](O)C1NC(=O)[C@H](CCCCN)NC(=O)[C@@H](Cc2c[nH]c3ccccc23)NC(=O)C(Cc2ccccc2)NC(=O)[C@@H](NC(=O)[C@H](N)Cc2ccccc2)CSSCC(C(=O)N[C@H](C(N)=O)[C@@H](C)O)NC1=O. The Morgan fingerprint density at radius 1 is 0.708 bits per heavy atom. The van der Waals surface area contributed by atoms with Gasteiger partial charge in [0.2, 0.25) is 47.3 Å². The van der Waals surface area contributed by atoms with E-state index >= 15 is 0 Å². The third kappa shape index (κ3) is 16.8. The van der Waals surface area contributed by atoms with E-state index in [9.17, 15) is 48.6 Å². The van der Waals surface area contributed by atoms with E-state index in [1.807, 2.05) is 30.3 Å². The van der Waals surface area contributed by atoms with E-state index in [1.165, 1.54) is 13.8 Å². The molecule has 3 unspecified atom stereocenters. The fraction of sp³-hybridized carbons (Fsp3) is 0.429. The van der Waals surface area contributed by atoms with Gasteiger partial charge in [0.25, 0.3) is 0 Å². The molecule has 5 rings (SSSR count). The first kappa shape index (κ1) is 56.4. The maximum atomic E-state index is 14.7. The van der Waals surface area contributed by atoms with Crippen LogP contribution in [0.1, 0.15) is 49.8 Å². The minimum atomic E-state index is -1.71. The van der Waals surface area contributed by atoms with Crippen molar-refractivity contribution < 1.29 is 48.6 Å². The summed E-state index contributed by atoms with van der Waals surface area (Å²) in [5, 5.41) is 40.3. The molecule has 72 heavy (non-hydrogen) atoms. The minimum absolute atomic E-state index is 0.0121. The van der Waals surface area contributed by atoms with Crippen LogP contribution in [0.15, 0.2) is 91.1 Å². The molecule has 2 heterocycles. The van der Waals surface area contributed by atoms with Gasteiger partial charge in [0.05, 0.1) is 18.2 Å². The molecule has 0 bridgehead atoms. The van der Waals surface area contributed by atoms with Crippen LogP contribution in [-0.2, 0) is 57.6 Å². The van der Waals surface area contributed by atoms with Gasteiger partial charge in [-0.05, 0) is 68.8 Å². The average molecular weight is 1030 g/mol. The van der Waals surface area contributed by atoms with Crippen LogP contribution in [-0.4, -0.2) is 141 Å². The van der Waals surface area contributed by atoms with Crippen LogP contribution in [0.5, 0.6) is 0 Å². The lowest BCUT2D eigenvalue weighted by Crippen LogP contribution is -2.62. The van der Waals surface area contributed by atoms with E-state index in [4.69, 9.17) is 17.2 Å². The smallest absolute Gasteiger partial charge is 0.245 e. The van der Waals surface area contributed by atoms with Crippen molar-refractivity contribution in [3.05, 3.63) is 108 Å². The molecule has 21 nitrogen and oxygen atoms in total. The van der Waals surface area contributed by atoms with Gasteiger partial charge in [0.1, 0.15) is 42.3 Å². The van der Waals surface area contributed by atoms with Gasteiger partial charge in [-0.25, -0.2) is 0 Å². The predicted molar refractivity (Wildman–Crippen MR) is 274 cm³/mol. The molecule has 388 valence electrons. The van der Waals surface area contributed by atoms with Gasteiger partial charge in [-0.3, -0.25) is 38.4 Å². The lowest BCUT2D eigenvalue weighted by atomic mass is 10.0. The summed E-state index contributed by atoms with van der Waals surface area (Å²) in [5.41, 5.74) is 20.4. The highest BCUT2D eigenvalue weighted by Crippen LogP contribution is 2.24. The Morgan fingerprint density at radius 2 is 1.29 bits per heavy atom. The molecular formula is C49H65N11O10S2. The first-order chi connectivity index (χ1) is 34.4. The molecule has 23 heteroatoms. The topological polar surface area (TPSA) is 355 Å². The molecule has 10 atom stereocenters. The second-order valence-corrected chi connectivity index (χ2v) is 20.1. The number of carbonyl (C=O) groups excluding carboxylic acids is 8. The third-order valence-corrected chi connectivity index (χ3v) is 14.3. The first-order valence-electron chi connectivity index (χ1n) is 23.6. The molecule has 0 saturated carbocycles. The zero-order valence-corrected chi connectivity index (χ0v) is 41.6. The van der Waals surface area contributed by atoms with Crippen molar-refractivity contribution in [1.29, 1.82) is 0 Å². The summed E-state index contributed by atoms with van der Waals surface area (Å²) in [6, 6.07) is 13.7. The number of aromatic nitrogens is 1. The fourth-order valence-electron chi connectivity index (χ4n) is 7.81. The van der Waals surface area contributed by atoms with Gasteiger partial charge in [-0.2, -0.15) is 0 Å². The van der Waals surface area contributed by atoms with E-state index in [2.05, 4.69) is 42.2 Å². The second-order valence-electron chi connectivity index (χ2n) is 17.6. The lowest BCUT2D eigenvalue weighted by Gasteiger charge is -2.29. The van der Waals surface area contributed by atoms with Crippen LogP contribution in [0.3, 0.4) is 0 Å². The van der Waals surface area contributed by atoms with E-state index < -0.39 is 108 Å². The van der Waals surface area contributed by atoms with E-state index in [1.54, 1.807) is 60.8 Å². The number of hydrogen-bond donors (Lipinski definition) is 13. The number of benzene rings is 3. The summed E-state index contributed by atoms with van der Waals surface area (Å²) in [6.45, 7) is 2.70. The number of H-pyrrole nitrogens is 1. The van der Waals surface area contributed by atoms with Crippen molar-refractivity contribution in [2.45, 2.75) is 113 Å². The number of primary amides is 1. The maximum Gasteiger partial charge on any atom is 0.245 e. The summed E-state index contributed by atoms with van der Waals surface area (Å²) < 4.78 is 0. The van der Waals surface area contributed by atoms with Gasteiger partial charge >= 0.3 is 0 Å². The largest absolute Gasteiger partial charge is 0.391 e. The van der Waals surface area contributed by atoms with Crippen LogP contribution in [0.4, 0.5) is 0 Å². The van der Waals surface area contributed by atoms with Crippen molar-refractivity contribution in [2.24, 2.45) is 17.2 Å². The Hall–Kier alpha value is -6.50. The fourth-order valence-corrected chi connectivity index (χ4v) is 10.1. The highest BCUT2D eigenvalue weighted by atomic mass is 33.1. The van der Waals surface area contributed by atoms with Crippen molar-refractivity contribution in [2.75, 3.05) is 18.1 Å². The lowest BCUT2D eigenvalue weighted by molar-refractivity contribution is -0.137. The van der Waals surface area contributed by atoms with Crippen LogP contribution >= 0.6 is 21.6 Å².